The smallest absolute Gasteiger partial charge is 0.126 e. The van der Waals surface area contributed by atoms with Crippen LogP contribution in [-0.2, 0) is 10.2 Å². The maximum atomic E-state index is 13.6. The van der Waals surface area contributed by atoms with Gasteiger partial charge < -0.3 is 4.74 Å². The Morgan fingerprint density at radius 1 is 1.41 bits per heavy atom. The number of hydrogen-bond donors (Lipinski definition) is 0. The maximum Gasteiger partial charge on any atom is 0.126 e. The SMILES string of the molecule is Cc1ccc(C2(CC#N)CCOCC2)cc1F. The van der Waals surface area contributed by atoms with Gasteiger partial charge in [-0.15, -0.1) is 0 Å². The molecule has 1 aliphatic heterocycles. The van der Waals surface area contributed by atoms with E-state index in [-0.39, 0.29) is 11.2 Å². The molecule has 0 aromatic heterocycles. The van der Waals surface area contributed by atoms with Crippen LogP contribution in [0.2, 0.25) is 0 Å². The molecule has 1 aromatic carbocycles. The van der Waals surface area contributed by atoms with Crippen molar-refractivity contribution < 1.29 is 9.13 Å². The van der Waals surface area contributed by atoms with E-state index in [1.807, 2.05) is 6.07 Å². The lowest BCUT2D eigenvalue weighted by Crippen LogP contribution is -2.33. The summed E-state index contributed by atoms with van der Waals surface area (Å²) >= 11 is 0. The summed E-state index contributed by atoms with van der Waals surface area (Å²) in [5, 5.41) is 8.98. The summed E-state index contributed by atoms with van der Waals surface area (Å²) in [4.78, 5) is 0. The van der Waals surface area contributed by atoms with Crippen LogP contribution in [0, 0.1) is 24.1 Å². The third-order valence-electron chi connectivity index (χ3n) is 3.65. The Labute approximate surface area is 101 Å². The second-order valence-corrected chi connectivity index (χ2v) is 4.69. The molecule has 1 heterocycles. The molecule has 2 rings (SSSR count). The second kappa shape index (κ2) is 4.85. The van der Waals surface area contributed by atoms with Crippen LogP contribution in [0.15, 0.2) is 18.2 Å². The minimum absolute atomic E-state index is 0.189. The van der Waals surface area contributed by atoms with Crippen molar-refractivity contribution in [3.63, 3.8) is 0 Å². The van der Waals surface area contributed by atoms with Crippen molar-refractivity contribution >= 4 is 0 Å². The van der Waals surface area contributed by atoms with Gasteiger partial charge in [-0.2, -0.15) is 5.26 Å². The monoisotopic (exact) mass is 233 g/mol. The molecular weight excluding hydrogens is 217 g/mol. The minimum Gasteiger partial charge on any atom is -0.381 e. The van der Waals surface area contributed by atoms with Gasteiger partial charge in [0.15, 0.2) is 0 Å². The van der Waals surface area contributed by atoms with Crippen molar-refractivity contribution in [3.05, 3.63) is 35.1 Å². The fourth-order valence-electron chi connectivity index (χ4n) is 2.40. The Kier molecular flexibility index (Phi) is 3.44. The van der Waals surface area contributed by atoms with Crippen molar-refractivity contribution in [1.82, 2.24) is 0 Å². The lowest BCUT2D eigenvalue weighted by Gasteiger charge is -2.36. The molecule has 0 aliphatic carbocycles. The van der Waals surface area contributed by atoms with E-state index in [1.165, 1.54) is 0 Å². The third kappa shape index (κ3) is 2.32. The van der Waals surface area contributed by atoms with Gasteiger partial charge in [0.2, 0.25) is 0 Å². The van der Waals surface area contributed by atoms with Crippen LogP contribution < -0.4 is 0 Å². The summed E-state index contributed by atoms with van der Waals surface area (Å²) in [6, 6.07) is 7.55. The summed E-state index contributed by atoms with van der Waals surface area (Å²) < 4.78 is 19.0. The maximum absolute atomic E-state index is 13.6. The average Bonchev–Trinajstić information content (AvgIpc) is 2.34. The number of aryl methyl sites for hydroxylation is 1. The molecule has 0 saturated carbocycles. The fraction of sp³-hybridized carbons (Fsp3) is 0.500. The number of halogens is 1. The van der Waals surface area contributed by atoms with Gasteiger partial charge >= 0.3 is 0 Å². The van der Waals surface area contributed by atoms with Crippen LogP contribution in [-0.4, -0.2) is 13.2 Å². The van der Waals surface area contributed by atoms with Crippen molar-refractivity contribution in [2.45, 2.75) is 31.6 Å². The summed E-state index contributed by atoms with van der Waals surface area (Å²) in [5.74, 6) is -0.189. The number of rotatable bonds is 2. The molecule has 3 heteroatoms. The quantitative estimate of drug-likeness (QED) is 0.786. The standard InChI is InChI=1S/C14H16FNO/c1-11-2-3-12(10-13(11)15)14(4-7-16)5-8-17-9-6-14/h2-3,10H,4-6,8-9H2,1H3. The van der Waals surface area contributed by atoms with Crippen LogP contribution in [0.25, 0.3) is 0 Å². The Morgan fingerprint density at radius 3 is 2.71 bits per heavy atom. The van der Waals surface area contributed by atoms with Crippen molar-refractivity contribution in [1.29, 1.82) is 5.26 Å². The molecule has 0 atom stereocenters. The first kappa shape index (κ1) is 12.1. The molecule has 0 amide bonds. The lowest BCUT2D eigenvalue weighted by molar-refractivity contribution is 0.0514. The van der Waals surface area contributed by atoms with Gasteiger partial charge in [0.05, 0.1) is 6.07 Å². The van der Waals surface area contributed by atoms with Crippen LogP contribution in [0.1, 0.15) is 30.4 Å². The predicted octanol–water partition coefficient (Wildman–Crippen LogP) is 3.10. The Bertz CT molecular complexity index is 444. The summed E-state index contributed by atoms with van der Waals surface area (Å²) in [6.45, 7) is 3.05. The Hall–Kier alpha value is -1.40. The van der Waals surface area contributed by atoms with E-state index in [9.17, 15) is 4.39 Å². The van der Waals surface area contributed by atoms with E-state index in [2.05, 4.69) is 6.07 Å². The molecule has 0 unspecified atom stereocenters. The number of benzene rings is 1. The first-order chi connectivity index (χ1) is 8.18. The molecule has 2 nitrogen and oxygen atoms in total. The highest BCUT2D eigenvalue weighted by molar-refractivity contribution is 5.31. The predicted molar refractivity (Wildman–Crippen MR) is 63.1 cm³/mol. The van der Waals surface area contributed by atoms with E-state index in [1.54, 1.807) is 19.1 Å². The topological polar surface area (TPSA) is 33.0 Å². The number of nitrogens with zero attached hydrogens (tertiary/aromatic N) is 1. The molecular formula is C14H16FNO. The van der Waals surface area contributed by atoms with Gasteiger partial charge in [-0.1, -0.05) is 12.1 Å². The minimum atomic E-state index is -0.221. The highest BCUT2D eigenvalue weighted by Crippen LogP contribution is 2.38. The molecule has 17 heavy (non-hydrogen) atoms. The largest absolute Gasteiger partial charge is 0.381 e. The number of nitriles is 1. The molecule has 0 N–H and O–H groups in total. The Morgan fingerprint density at radius 2 is 2.12 bits per heavy atom. The fourth-order valence-corrected chi connectivity index (χ4v) is 2.40. The van der Waals surface area contributed by atoms with Gasteiger partial charge in [0.25, 0.3) is 0 Å². The molecule has 1 aliphatic rings. The normalized spacial score (nSPS) is 18.6. The third-order valence-corrected chi connectivity index (χ3v) is 3.65. The van der Waals surface area contributed by atoms with E-state index < -0.39 is 0 Å². The van der Waals surface area contributed by atoms with Gasteiger partial charge in [-0.25, -0.2) is 4.39 Å². The number of ether oxygens (including phenoxy) is 1. The Balaban J connectivity index is 2.38. The highest BCUT2D eigenvalue weighted by Gasteiger charge is 2.34. The zero-order chi connectivity index (χ0) is 12.3. The van der Waals surface area contributed by atoms with E-state index in [0.29, 0.717) is 25.2 Å². The van der Waals surface area contributed by atoms with Crippen molar-refractivity contribution in [2.24, 2.45) is 0 Å². The highest BCUT2D eigenvalue weighted by atomic mass is 19.1. The first-order valence-corrected chi connectivity index (χ1v) is 5.89. The lowest BCUT2D eigenvalue weighted by atomic mass is 9.72. The van der Waals surface area contributed by atoms with Crippen LogP contribution in [0.5, 0.6) is 0 Å². The molecule has 0 radical (unpaired) electrons. The molecule has 0 bridgehead atoms. The van der Waals surface area contributed by atoms with E-state index in [0.717, 1.165) is 18.4 Å². The van der Waals surface area contributed by atoms with Gasteiger partial charge in [-0.3, -0.25) is 0 Å². The van der Waals surface area contributed by atoms with Crippen LogP contribution in [0.3, 0.4) is 0 Å². The molecule has 90 valence electrons. The van der Waals surface area contributed by atoms with Gasteiger partial charge in [-0.05, 0) is 37.0 Å². The van der Waals surface area contributed by atoms with Crippen LogP contribution >= 0.6 is 0 Å². The molecule has 1 fully saturated rings. The van der Waals surface area contributed by atoms with Crippen molar-refractivity contribution in [3.8, 4) is 6.07 Å². The van der Waals surface area contributed by atoms with E-state index in [4.69, 9.17) is 10.00 Å². The number of hydrogen-bond acceptors (Lipinski definition) is 2. The van der Waals surface area contributed by atoms with Crippen LogP contribution in [0.4, 0.5) is 4.39 Å². The summed E-state index contributed by atoms with van der Waals surface area (Å²) in [7, 11) is 0. The second-order valence-electron chi connectivity index (χ2n) is 4.69. The zero-order valence-electron chi connectivity index (χ0n) is 10.0. The zero-order valence-corrected chi connectivity index (χ0v) is 10.0. The summed E-state index contributed by atoms with van der Waals surface area (Å²) in [6.07, 6.45) is 2.02. The molecule has 1 aromatic rings. The van der Waals surface area contributed by atoms with Gasteiger partial charge in [0, 0.05) is 25.0 Å². The van der Waals surface area contributed by atoms with Gasteiger partial charge in [0.1, 0.15) is 5.82 Å². The summed E-state index contributed by atoms with van der Waals surface area (Å²) in [5.41, 5.74) is 1.36. The van der Waals surface area contributed by atoms with Crippen molar-refractivity contribution in [2.75, 3.05) is 13.2 Å². The average molecular weight is 233 g/mol. The molecule has 0 spiro atoms. The van der Waals surface area contributed by atoms with E-state index >= 15 is 0 Å². The molecule has 1 saturated heterocycles. The first-order valence-electron chi connectivity index (χ1n) is 5.89.